The van der Waals surface area contributed by atoms with Crippen LogP contribution in [0.25, 0.3) is 0 Å². The number of benzene rings is 1. The van der Waals surface area contributed by atoms with Crippen LogP contribution in [0.5, 0.6) is 0 Å². The van der Waals surface area contributed by atoms with Gasteiger partial charge in [0.2, 0.25) is 0 Å². The van der Waals surface area contributed by atoms with Crippen LogP contribution in [-0.4, -0.2) is 18.6 Å². The van der Waals surface area contributed by atoms with Gasteiger partial charge < -0.3 is 4.74 Å². The first-order chi connectivity index (χ1) is 8.41. The summed E-state index contributed by atoms with van der Waals surface area (Å²) >= 11 is 0. The molecule has 2 aliphatic rings. The summed E-state index contributed by atoms with van der Waals surface area (Å²) < 4.78 is 43.2. The molecule has 3 rings (SSSR count). The summed E-state index contributed by atoms with van der Waals surface area (Å²) in [6, 6.07) is 4.59. The molecule has 2 saturated heterocycles. The third-order valence-electron chi connectivity index (χ3n) is 3.46. The van der Waals surface area contributed by atoms with Crippen molar-refractivity contribution in [3.05, 3.63) is 35.4 Å². The average Bonchev–Trinajstić information content (AvgIpc) is 2.86. The van der Waals surface area contributed by atoms with Crippen LogP contribution in [0.4, 0.5) is 13.2 Å². The molecule has 1 N–H and O–H groups in total. The van der Waals surface area contributed by atoms with Gasteiger partial charge in [0, 0.05) is 13.0 Å². The molecule has 1 aromatic carbocycles. The monoisotopic (exact) mass is 257 g/mol. The van der Waals surface area contributed by atoms with Crippen LogP contribution < -0.4 is 5.32 Å². The zero-order valence-electron chi connectivity index (χ0n) is 9.25. The summed E-state index contributed by atoms with van der Waals surface area (Å²) in [5.41, 5.74) is -1.25. The van der Waals surface area contributed by atoms with Crippen molar-refractivity contribution in [2.24, 2.45) is 0 Å². The molecule has 0 aliphatic carbocycles. The Morgan fingerprint density at radius 1 is 1.39 bits per heavy atom. The molecule has 3 nitrogen and oxygen atoms in total. The number of ether oxygens (including phenoxy) is 1. The largest absolute Gasteiger partial charge is 0.452 e. The van der Waals surface area contributed by atoms with E-state index >= 15 is 0 Å². The maximum atomic E-state index is 12.6. The van der Waals surface area contributed by atoms with E-state index in [9.17, 15) is 18.0 Å². The van der Waals surface area contributed by atoms with Crippen LogP contribution in [0.2, 0.25) is 0 Å². The maximum Gasteiger partial charge on any atom is 0.416 e. The summed E-state index contributed by atoms with van der Waals surface area (Å²) in [6.07, 6.45) is -3.99. The predicted octanol–water partition coefficient (Wildman–Crippen LogP) is 1.82. The van der Waals surface area contributed by atoms with Gasteiger partial charge >= 0.3 is 12.1 Å². The van der Waals surface area contributed by atoms with Gasteiger partial charge in [-0.25, -0.2) is 0 Å². The van der Waals surface area contributed by atoms with Crippen LogP contribution in [0.3, 0.4) is 0 Å². The van der Waals surface area contributed by atoms with Gasteiger partial charge in [-0.1, -0.05) is 12.1 Å². The maximum absolute atomic E-state index is 12.6. The van der Waals surface area contributed by atoms with Crippen LogP contribution in [0, 0.1) is 0 Å². The molecule has 1 aromatic rings. The molecular formula is C12H10F3NO2. The van der Waals surface area contributed by atoms with Crippen LogP contribution in [0.1, 0.15) is 17.5 Å². The molecular weight excluding hydrogens is 247 g/mol. The fourth-order valence-electron chi connectivity index (χ4n) is 2.53. The van der Waals surface area contributed by atoms with E-state index < -0.39 is 23.3 Å². The third-order valence-corrected chi connectivity index (χ3v) is 3.46. The molecule has 0 saturated carbocycles. The summed E-state index contributed by atoms with van der Waals surface area (Å²) in [5, 5.41) is 2.95. The minimum absolute atomic E-state index is 0.366. The molecule has 0 amide bonds. The molecule has 2 aliphatic heterocycles. The lowest BCUT2D eigenvalue weighted by Crippen LogP contribution is -2.40. The molecule has 0 radical (unpaired) electrons. The minimum Gasteiger partial charge on any atom is -0.452 e. The first-order valence-electron chi connectivity index (χ1n) is 5.55. The zero-order valence-corrected chi connectivity index (χ0v) is 9.25. The molecule has 96 valence electrons. The average molecular weight is 257 g/mol. The SMILES string of the molecule is O=C1OC2(c3cccc(C(F)(F)F)c3)CNC1C2. The summed E-state index contributed by atoms with van der Waals surface area (Å²) in [6.45, 7) is 0.366. The topological polar surface area (TPSA) is 38.3 Å². The number of hydrogen-bond donors (Lipinski definition) is 1. The Balaban J connectivity index is 2.01. The Labute approximate surface area is 101 Å². The van der Waals surface area contributed by atoms with E-state index in [2.05, 4.69) is 5.32 Å². The van der Waals surface area contributed by atoms with Gasteiger partial charge in [-0.05, 0) is 17.7 Å². The minimum atomic E-state index is -4.39. The molecule has 2 unspecified atom stereocenters. The number of alkyl halides is 3. The van der Waals surface area contributed by atoms with E-state index in [1.165, 1.54) is 6.07 Å². The van der Waals surface area contributed by atoms with Crippen molar-refractivity contribution < 1.29 is 22.7 Å². The van der Waals surface area contributed by atoms with Crippen molar-refractivity contribution in [3.63, 3.8) is 0 Å². The number of morpholine rings is 1. The number of carbonyl (C=O) groups excluding carboxylic acids is 1. The van der Waals surface area contributed by atoms with Gasteiger partial charge in [-0.3, -0.25) is 10.1 Å². The van der Waals surface area contributed by atoms with E-state index in [1.807, 2.05) is 0 Å². The Hall–Kier alpha value is -1.56. The second-order valence-corrected chi connectivity index (χ2v) is 4.63. The quantitative estimate of drug-likeness (QED) is 0.780. The molecule has 2 atom stereocenters. The van der Waals surface area contributed by atoms with E-state index in [-0.39, 0.29) is 6.04 Å². The molecule has 2 fully saturated rings. The highest BCUT2D eigenvalue weighted by molar-refractivity contribution is 5.80. The van der Waals surface area contributed by atoms with E-state index in [1.54, 1.807) is 6.07 Å². The van der Waals surface area contributed by atoms with Gasteiger partial charge in [0.15, 0.2) is 5.60 Å². The predicted molar refractivity (Wildman–Crippen MR) is 55.6 cm³/mol. The number of rotatable bonds is 1. The second kappa shape index (κ2) is 3.47. The van der Waals surface area contributed by atoms with Gasteiger partial charge in [0.25, 0.3) is 0 Å². The fraction of sp³-hybridized carbons (Fsp3) is 0.417. The van der Waals surface area contributed by atoms with Crippen molar-refractivity contribution in [1.82, 2.24) is 5.32 Å². The first-order valence-corrected chi connectivity index (χ1v) is 5.55. The highest BCUT2D eigenvalue weighted by atomic mass is 19.4. The van der Waals surface area contributed by atoms with Crippen LogP contribution in [0.15, 0.2) is 24.3 Å². The standard InChI is InChI=1S/C12H10F3NO2/c13-12(14,15)8-3-1-2-7(4-8)11-5-9(16-6-11)10(17)18-11/h1-4,9,16H,5-6H2. The summed E-state index contributed by atoms with van der Waals surface area (Å²) in [5.74, 6) is -0.390. The lowest BCUT2D eigenvalue weighted by molar-refractivity contribution is -0.153. The lowest BCUT2D eigenvalue weighted by atomic mass is 9.91. The van der Waals surface area contributed by atoms with Gasteiger partial charge in [-0.15, -0.1) is 0 Å². The number of carbonyl (C=O) groups is 1. The van der Waals surface area contributed by atoms with E-state index in [0.717, 1.165) is 12.1 Å². The molecule has 6 heteroatoms. The van der Waals surface area contributed by atoms with E-state index in [0.29, 0.717) is 18.5 Å². The molecule has 0 aromatic heterocycles. The summed E-state index contributed by atoms with van der Waals surface area (Å²) in [7, 11) is 0. The molecule has 18 heavy (non-hydrogen) atoms. The number of fused-ring (bicyclic) bond motifs is 2. The highest BCUT2D eigenvalue weighted by Crippen LogP contribution is 2.42. The van der Waals surface area contributed by atoms with Crippen molar-refractivity contribution in [1.29, 1.82) is 0 Å². The molecule has 2 heterocycles. The Bertz CT molecular complexity index is 514. The van der Waals surface area contributed by atoms with Crippen molar-refractivity contribution >= 4 is 5.97 Å². The number of hydrogen-bond acceptors (Lipinski definition) is 3. The Morgan fingerprint density at radius 3 is 2.72 bits per heavy atom. The number of esters is 1. The van der Waals surface area contributed by atoms with E-state index in [4.69, 9.17) is 4.74 Å². The highest BCUT2D eigenvalue weighted by Gasteiger charge is 2.53. The third kappa shape index (κ3) is 1.59. The van der Waals surface area contributed by atoms with Crippen molar-refractivity contribution in [2.75, 3.05) is 6.54 Å². The van der Waals surface area contributed by atoms with Crippen molar-refractivity contribution in [3.8, 4) is 0 Å². The lowest BCUT2D eigenvalue weighted by Gasteiger charge is -2.27. The molecule has 2 bridgehead atoms. The first kappa shape index (κ1) is 11.5. The van der Waals surface area contributed by atoms with Gasteiger partial charge in [-0.2, -0.15) is 13.2 Å². The van der Waals surface area contributed by atoms with Crippen molar-refractivity contribution in [2.45, 2.75) is 24.2 Å². The van der Waals surface area contributed by atoms with Gasteiger partial charge in [0.05, 0.1) is 5.56 Å². The van der Waals surface area contributed by atoms with Crippen LogP contribution in [-0.2, 0) is 21.3 Å². The number of nitrogens with one attached hydrogen (secondary N) is 1. The van der Waals surface area contributed by atoms with Crippen LogP contribution >= 0.6 is 0 Å². The molecule has 0 spiro atoms. The Kier molecular flexibility index (Phi) is 2.22. The normalized spacial score (nSPS) is 30.6. The number of halogens is 3. The Morgan fingerprint density at radius 2 is 2.17 bits per heavy atom. The fourth-order valence-corrected chi connectivity index (χ4v) is 2.53. The smallest absolute Gasteiger partial charge is 0.416 e. The summed E-state index contributed by atoms with van der Waals surface area (Å²) in [4.78, 5) is 11.4. The second-order valence-electron chi connectivity index (χ2n) is 4.63. The van der Waals surface area contributed by atoms with Gasteiger partial charge in [0.1, 0.15) is 6.04 Å². The zero-order chi connectivity index (χ0) is 13.0.